The molecule has 1 aromatic heterocycles. The Labute approximate surface area is 123 Å². The van der Waals surface area contributed by atoms with Crippen LogP contribution in [0.2, 0.25) is 0 Å². The number of hydrogen-bond donors (Lipinski definition) is 0. The molecular weight excluding hydrogens is 264 g/mol. The van der Waals surface area contributed by atoms with Crippen LogP contribution in [0.25, 0.3) is 5.69 Å². The maximum absolute atomic E-state index is 12.3. The lowest BCUT2D eigenvalue weighted by molar-refractivity contribution is 0.445. The first-order valence-electron chi connectivity index (χ1n) is 7.54. The van der Waals surface area contributed by atoms with Gasteiger partial charge in [0, 0.05) is 24.6 Å². The molecular formula is C17H20N2O2. The summed E-state index contributed by atoms with van der Waals surface area (Å²) in [5.74, 6) is 0.539. The lowest BCUT2D eigenvalue weighted by Crippen LogP contribution is -2.40. The zero-order chi connectivity index (χ0) is 14.8. The largest absolute Gasteiger partial charge is 0.320 e. The Morgan fingerprint density at radius 1 is 1.10 bits per heavy atom. The third kappa shape index (κ3) is 2.84. The van der Waals surface area contributed by atoms with E-state index in [0.717, 1.165) is 24.1 Å². The minimum absolute atomic E-state index is 0.425. The van der Waals surface area contributed by atoms with Gasteiger partial charge in [0.2, 0.25) is 0 Å². The van der Waals surface area contributed by atoms with Crippen LogP contribution in [-0.2, 0) is 6.54 Å². The van der Waals surface area contributed by atoms with E-state index in [1.807, 2.05) is 31.2 Å². The van der Waals surface area contributed by atoms with Gasteiger partial charge in [-0.15, -0.1) is 0 Å². The highest BCUT2D eigenvalue weighted by Crippen LogP contribution is 2.25. The molecule has 0 atom stereocenters. The molecule has 110 valence electrons. The fourth-order valence-electron chi connectivity index (χ4n) is 3.10. The van der Waals surface area contributed by atoms with E-state index in [9.17, 15) is 9.59 Å². The molecule has 0 N–H and O–H groups in total. The van der Waals surface area contributed by atoms with E-state index in [-0.39, 0.29) is 0 Å². The summed E-state index contributed by atoms with van der Waals surface area (Å²) >= 11 is 0. The fraction of sp³-hybridized carbons (Fsp3) is 0.412. The number of benzene rings is 1. The molecule has 4 heteroatoms. The highest BCUT2D eigenvalue weighted by Gasteiger charge is 2.17. The summed E-state index contributed by atoms with van der Waals surface area (Å²) in [4.78, 5) is 24.6. The van der Waals surface area contributed by atoms with E-state index in [2.05, 4.69) is 0 Å². The molecule has 1 saturated carbocycles. The molecule has 2 aromatic rings. The van der Waals surface area contributed by atoms with Crippen molar-refractivity contribution < 1.29 is 0 Å². The first-order valence-corrected chi connectivity index (χ1v) is 7.54. The maximum atomic E-state index is 12.3. The van der Waals surface area contributed by atoms with Crippen LogP contribution in [0.4, 0.5) is 0 Å². The normalized spacial score (nSPS) is 15.5. The van der Waals surface area contributed by atoms with E-state index in [1.54, 1.807) is 17.0 Å². The summed E-state index contributed by atoms with van der Waals surface area (Å²) in [6, 6.07) is 7.61. The van der Waals surface area contributed by atoms with Crippen molar-refractivity contribution in [3.8, 4) is 5.69 Å². The predicted molar refractivity (Wildman–Crippen MR) is 83.0 cm³/mol. The standard InChI is InChI=1S/C17H20N2O2/c1-13-5-4-8-15(11-13)19-10-9-18(16(20)17(19)21)12-14-6-2-3-7-14/h4-5,8-11,14H,2-3,6-7,12H2,1H3. The molecule has 0 spiro atoms. The molecule has 0 bridgehead atoms. The Kier molecular flexibility index (Phi) is 3.78. The van der Waals surface area contributed by atoms with Crippen LogP contribution in [0.1, 0.15) is 31.2 Å². The second-order valence-electron chi connectivity index (χ2n) is 5.92. The van der Waals surface area contributed by atoms with Gasteiger partial charge in [-0.3, -0.25) is 14.2 Å². The van der Waals surface area contributed by atoms with Crippen molar-refractivity contribution >= 4 is 0 Å². The summed E-state index contributed by atoms with van der Waals surface area (Å²) in [7, 11) is 0. The first-order chi connectivity index (χ1) is 10.1. The molecule has 1 fully saturated rings. The molecule has 21 heavy (non-hydrogen) atoms. The number of hydrogen-bond acceptors (Lipinski definition) is 2. The van der Waals surface area contributed by atoms with Crippen LogP contribution in [0.3, 0.4) is 0 Å². The van der Waals surface area contributed by atoms with E-state index >= 15 is 0 Å². The summed E-state index contributed by atoms with van der Waals surface area (Å²) in [5, 5.41) is 0. The van der Waals surface area contributed by atoms with Crippen LogP contribution >= 0.6 is 0 Å². The quantitative estimate of drug-likeness (QED) is 0.813. The fourth-order valence-corrected chi connectivity index (χ4v) is 3.10. The summed E-state index contributed by atoms with van der Waals surface area (Å²) < 4.78 is 3.01. The van der Waals surface area contributed by atoms with Crippen LogP contribution in [-0.4, -0.2) is 9.13 Å². The summed E-state index contributed by atoms with van der Waals surface area (Å²) in [6.07, 6.45) is 8.23. The monoisotopic (exact) mass is 284 g/mol. The average Bonchev–Trinajstić information content (AvgIpc) is 2.97. The minimum atomic E-state index is -0.471. The van der Waals surface area contributed by atoms with Gasteiger partial charge in [-0.2, -0.15) is 0 Å². The van der Waals surface area contributed by atoms with Gasteiger partial charge in [-0.1, -0.05) is 25.0 Å². The van der Waals surface area contributed by atoms with E-state index < -0.39 is 11.1 Å². The molecule has 0 unspecified atom stereocenters. The lowest BCUT2D eigenvalue weighted by atomic mass is 10.1. The number of nitrogens with zero attached hydrogens (tertiary/aromatic N) is 2. The van der Waals surface area contributed by atoms with Crippen LogP contribution in [0, 0.1) is 12.8 Å². The minimum Gasteiger partial charge on any atom is -0.309 e. The highest BCUT2D eigenvalue weighted by molar-refractivity contribution is 5.35. The Morgan fingerprint density at radius 3 is 2.57 bits per heavy atom. The summed E-state index contributed by atoms with van der Waals surface area (Å²) in [5.41, 5.74) is 0.909. The molecule has 0 saturated heterocycles. The zero-order valence-electron chi connectivity index (χ0n) is 12.3. The Hall–Kier alpha value is -2.10. The van der Waals surface area contributed by atoms with E-state index in [4.69, 9.17) is 0 Å². The van der Waals surface area contributed by atoms with Crippen LogP contribution < -0.4 is 11.1 Å². The molecule has 1 heterocycles. The van der Waals surface area contributed by atoms with Gasteiger partial charge in [-0.25, -0.2) is 0 Å². The van der Waals surface area contributed by atoms with Gasteiger partial charge in [0.15, 0.2) is 0 Å². The molecule has 4 nitrogen and oxygen atoms in total. The Balaban J connectivity index is 1.96. The predicted octanol–water partition coefficient (Wildman–Crippen LogP) is 2.50. The first kappa shape index (κ1) is 13.9. The number of aromatic nitrogens is 2. The lowest BCUT2D eigenvalue weighted by Gasteiger charge is -2.13. The van der Waals surface area contributed by atoms with E-state index in [0.29, 0.717) is 12.5 Å². The Morgan fingerprint density at radius 2 is 1.86 bits per heavy atom. The SMILES string of the molecule is Cc1cccc(-n2ccn(CC3CCCC3)c(=O)c2=O)c1. The van der Waals surface area contributed by atoms with Gasteiger partial charge in [0.1, 0.15) is 0 Å². The number of aryl methyl sites for hydroxylation is 1. The van der Waals surface area contributed by atoms with Gasteiger partial charge in [0.25, 0.3) is 0 Å². The van der Waals surface area contributed by atoms with Gasteiger partial charge >= 0.3 is 11.1 Å². The number of rotatable bonds is 3. The van der Waals surface area contributed by atoms with Crippen molar-refractivity contribution in [2.45, 2.75) is 39.2 Å². The van der Waals surface area contributed by atoms with Gasteiger partial charge in [-0.05, 0) is 43.4 Å². The van der Waals surface area contributed by atoms with Crippen molar-refractivity contribution in [3.63, 3.8) is 0 Å². The van der Waals surface area contributed by atoms with Gasteiger partial charge in [0.05, 0.1) is 0 Å². The maximum Gasteiger partial charge on any atom is 0.320 e. The molecule has 3 rings (SSSR count). The summed E-state index contributed by atoms with van der Waals surface area (Å²) in [6.45, 7) is 2.64. The van der Waals surface area contributed by atoms with Crippen LogP contribution in [0.5, 0.6) is 0 Å². The Bertz CT molecular complexity index is 752. The molecule has 1 aromatic carbocycles. The second-order valence-corrected chi connectivity index (χ2v) is 5.92. The van der Waals surface area contributed by atoms with Crippen LogP contribution in [0.15, 0.2) is 46.2 Å². The van der Waals surface area contributed by atoms with Crippen molar-refractivity contribution in [2.75, 3.05) is 0 Å². The molecule has 1 aliphatic carbocycles. The molecule has 0 amide bonds. The third-order valence-electron chi connectivity index (χ3n) is 4.27. The smallest absolute Gasteiger partial charge is 0.309 e. The van der Waals surface area contributed by atoms with Crippen molar-refractivity contribution in [1.29, 1.82) is 0 Å². The second kappa shape index (κ2) is 5.72. The zero-order valence-corrected chi connectivity index (χ0v) is 12.3. The van der Waals surface area contributed by atoms with Crippen molar-refractivity contribution in [1.82, 2.24) is 9.13 Å². The topological polar surface area (TPSA) is 44.0 Å². The van der Waals surface area contributed by atoms with Crippen molar-refractivity contribution in [3.05, 3.63) is 62.9 Å². The van der Waals surface area contributed by atoms with Gasteiger partial charge < -0.3 is 4.57 Å². The average molecular weight is 284 g/mol. The molecule has 0 radical (unpaired) electrons. The van der Waals surface area contributed by atoms with E-state index in [1.165, 1.54) is 17.4 Å². The third-order valence-corrected chi connectivity index (χ3v) is 4.27. The molecule has 0 aliphatic heterocycles. The van der Waals surface area contributed by atoms with Crippen molar-refractivity contribution in [2.24, 2.45) is 5.92 Å². The highest BCUT2D eigenvalue weighted by atomic mass is 16.2. The molecule has 1 aliphatic rings.